The molecule has 0 bridgehead atoms. The standard InChI is InChI=1S/C32H29N3O9/c33-24-8-6-21(7-9-24)32(39)44-28-17-23(30(35)37)15-26(19-28)42-13-11-40-10-12-41-25-14-22(29(34)36)16-27(18-25)43-31(38)20-4-2-1-3-5-20/h1-9,14-19H,10-13,33H2,(H2,34,36)(H2,35,37). The van der Waals surface area contributed by atoms with Gasteiger partial charge in [0.05, 0.1) is 24.3 Å². The van der Waals surface area contributed by atoms with Crippen LogP contribution < -0.4 is 36.1 Å². The minimum absolute atomic E-state index is 0.0689. The Bertz CT molecular complexity index is 1640. The van der Waals surface area contributed by atoms with Crippen LogP contribution in [-0.2, 0) is 4.74 Å². The van der Waals surface area contributed by atoms with Crippen molar-refractivity contribution in [3.05, 3.63) is 113 Å². The molecule has 0 spiro atoms. The van der Waals surface area contributed by atoms with Gasteiger partial charge in [-0.2, -0.15) is 0 Å². The van der Waals surface area contributed by atoms with E-state index in [0.29, 0.717) is 11.3 Å². The van der Waals surface area contributed by atoms with Crippen molar-refractivity contribution in [2.75, 3.05) is 32.2 Å². The summed E-state index contributed by atoms with van der Waals surface area (Å²) in [5.74, 6) is -2.05. The van der Waals surface area contributed by atoms with E-state index >= 15 is 0 Å². The summed E-state index contributed by atoms with van der Waals surface area (Å²) in [4.78, 5) is 48.4. The molecule has 0 fully saturated rings. The fraction of sp³-hybridized carbons (Fsp3) is 0.125. The lowest BCUT2D eigenvalue weighted by Crippen LogP contribution is -2.15. The third-order valence-corrected chi connectivity index (χ3v) is 5.90. The molecule has 0 aromatic heterocycles. The highest BCUT2D eigenvalue weighted by atomic mass is 16.6. The van der Waals surface area contributed by atoms with Crippen molar-refractivity contribution >= 4 is 29.4 Å². The number of rotatable bonds is 14. The highest BCUT2D eigenvalue weighted by Crippen LogP contribution is 2.25. The fourth-order valence-electron chi connectivity index (χ4n) is 3.78. The summed E-state index contributed by atoms with van der Waals surface area (Å²) >= 11 is 0. The van der Waals surface area contributed by atoms with Crippen molar-refractivity contribution in [2.45, 2.75) is 0 Å². The van der Waals surface area contributed by atoms with Gasteiger partial charge in [-0.25, -0.2) is 9.59 Å². The second-order valence-corrected chi connectivity index (χ2v) is 9.19. The molecule has 12 nitrogen and oxygen atoms in total. The number of ether oxygens (including phenoxy) is 5. The number of carbonyl (C=O) groups is 4. The molecule has 0 aliphatic rings. The molecule has 0 radical (unpaired) electrons. The maximum atomic E-state index is 12.5. The molecule has 4 aromatic rings. The van der Waals surface area contributed by atoms with Crippen molar-refractivity contribution in [3.63, 3.8) is 0 Å². The van der Waals surface area contributed by atoms with Gasteiger partial charge in [0.15, 0.2) is 0 Å². The van der Waals surface area contributed by atoms with E-state index in [1.807, 2.05) is 0 Å². The summed E-state index contributed by atoms with van der Waals surface area (Å²) in [6.07, 6.45) is 0. The van der Waals surface area contributed by atoms with Crippen LogP contribution in [0.4, 0.5) is 5.69 Å². The summed E-state index contributed by atoms with van der Waals surface area (Å²) in [6.45, 7) is 0.474. The van der Waals surface area contributed by atoms with Crippen LogP contribution in [0.1, 0.15) is 41.4 Å². The second-order valence-electron chi connectivity index (χ2n) is 9.19. The minimum Gasteiger partial charge on any atom is -0.491 e. The number of benzene rings is 4. The Morgan fingerprint density at radius 1 is 0.500 bits per heavy atom. The summed E-state index contributed by atoms with van der Waals surface area (Å²) in [5.41, 5.74) is 17.8. The van der Waals surface area contributed by atoms with Crippen molar-refractivity contribution < 1.29 is 42.9 Å². The van der Waals surface area contributed by atoms with Crippen molar-refractivity contribution in [1.82, 2.24) is 0 Å². The number of hydrogen-bond donors (Lipinski definition) is 3. The van der Waals surface area contributed by atoms with E-state index in [4.69, 9.17) is 40.9 Å². The van der Waals surface area contributed by atoms with E-state index in [1.54, 1.807) is 42.5 Å². The van der Waals surface area contributed by atoms with E-state index in [2.05, 4.69) is 0 Å². The van der Waals surface area contributed by atoms with Gasteiger partial charge in [0.2, 0.25) is 11.8 Å². The summed E-state index contributed by atoms with van der Waals surface area (Å²) in [6, 6.07) is 23.0. The molecule has 4 aromatic carbocycles. The number of anilines is 1. The Balaban J connectivity index is 1.26. The van der Waals surface area contributed by atoms with Crippen molar-refractivity contribution in [3.8, 4) is 23.0 Å². The molecule has 0 heterocycles. The number of nitrogens with two attached hydrogens (primary N) is 3. The summed E-state index contributed by atoms with van der Waals surface area (Å²) in [5, 5.41) is 0. The lowest BCUT2D eigenvalue weighted by molar-refractivity contribution is 0.0724. The Morgan fingerprint density at radius 2 is 0.932 bits per heavy atom. The first-order chi connectivity index (χ1) is 21.2. The second kappa shape index (κ2) is 14.8. The Hall–Kier alpha value is -5.88. The fourth-order valence-corrected chi connectivity index (χ4v) is 3.78. The van der Waals surface area contributed by atoms with E-state index < -0.39 is 23.8 Å². The van der Waals surface area contributed by atoms with Gasteiger partial charge >= 0.3 is 11.9 Å². The topological polar surface area (TPSA) is 192 Å². The summed E-state index contributed by atoms with van der Waals surface area (Å²) in [7, 11) is 0. The van der Waals surface area contributed by atoms with Gasteiger partial charge in [-0.3, -0.25) is 9.59 Å². The SMILES string of the molecule is NC(=O)c1cc(OCCOCCOc2cc(OC(=O)c3ccc(N)cc3)cc(C(N)=O)c2)cc(OC(=O)c2ccccc2)c1. The van der Waals surface area contributed by atoms with Crippen LogP contribution in [0.25, 0.3) is 0 Å². The van der Waals surface area contributed by atoms with Crippen LogP contribution in [0, 0.1) is 0 Å². The molecule has 0 aliphatic carbocycles. The molecule has 226 valence electrons. The largest absolute Gasteiger partial charge is 0.491 e. The molecule has 0 atom stereocenters. The first kappa shape index (κ1) is 31.1. The molecule has 44 heavy (non-hydrogen) atoms. The van der Waals surface area contributed by atoms with Gasteiger partial charge < -0.3 is 40.9 Å². The number of esters is 2. The van der Waals surface area contributed by atoms with Crippen molar-refractivity contribution in [1.29, 1.82) is 0 Å². The molecular weight excluding hydrogens is 570 g/mol. The number of primary amides is 2. The quantitative estimate of drug-likeness (QED) is 0.0837. The van der Waals surface area contributed by atoms with Crippen LogP contribution in [0.3, 0.4) is 0 Å². The van der Waals surface area contributed by atoms with Crippen LogP contribution in [-0.4, -0.2) is 50.2 Å². The molecule has 6 N–H and O–H groups in total. The first-order valence-electron chi connectivity index (χ1n) is 13.3. The maximum absolute atomic E-state index is 12.5. The predicted molar refractivity (Wildman–Crippen MR) is 159 cm³/mol. The molecule has 0 aliphatic heterocycles. The van der Waals surface area contributed by atoms with Crippen molar-refractivity contribution in [2.24, 2.45) is 11.5 Å². The van der Waals surface area contributed by atoms with Gasteiger partial charge in [-0.05, 0) is 60.7 Å². The van der Waals surface area contributed by atoms with E-state index in [0.717, 1.165) is 0 Å². The Morgan fingerprint density at radius 3 is 1.39 bits per heavy atom. The van der Waals surface area contributed by atoms with E-state index in [9.17, 15) is 19.2 Å². The van der Waals surface area contributed by atoms with E-state index in [1.165, 1.54) is 48.5 Å². The smallest absolute Gasteiger partial charge is 0.343 e. The van der Waals surface area contributed by atoms with Crippen LogP contribution in [0.2, 0.25) is 0 Å². The zero-order valence-electron chi connectivity index (χ0n) is 23.4. The van der Waals surface area contributed by atoms with Crippen LogP contribution >= 0.6 is 0 Å². The number of amides is 2. The lowest BCUT2D eigenvalue weighted by Gasteiger charge is -2.12. The summed E-state index contributed by atoms with van der Waals surface area (Å²) < 4.78 is 27.6. The third kappa shape index (κ3) is 9.06. The van der Waals surface area contributed by atoms with Gasteiger partial charge in [0.1, 0.15) is 36.2 Å². The van der Waals surface area contributed by atoms with Gasteiger partial charge in [-0.15, -0.1) is 0 Å². The van der Waals surface area contributed by atoms with Crippen LogP contribution in [0.5, 0.6) is 23.0 Å². The molecule has 0 unspecified atom stereocenters. The predicted octanol–water partition coefficient (Wildman–Crippen LogP) is 3.38. The maximum Gasteiger partial charge on any atom is 0.343 e. The highest BCUT2D eigenvalue weighted by molar-refractivity contribution is 5.96. The van der Waals surface area contributed by atoms with Gasteiger partial charge in [0, 0.05) is 28.9 Å². The molecule has 4 rings (SSSR count). The normalized spacial score (nSPS) is 10.5. The zero-order chi connectivity index (χ0) is 31.5. The van der Waals surface area contributed by atoms with Crippen LogP contribution in [0.15, 0.2) is 91.0 Å². The monoisotopic (exact) mass is 599 g/mol. The molecule has 2 amide bonds. The van der Waals surface area contributed by atoms with Gasteiger partial charge in [0.25, 0.3) is 0 Å². The molecule has 12 heteroatoms. The van der Waals surface area contributed by atoms with Gasteiger partial charge in [-0.1, -0.05) is 18.2 Å². The number of nitrogen functional groups attached to an aromatic ring is 1. The number of carbonyl (C=O) groups excluding carboxylic acids is 4. The third-order valence-electron chi connectivity index (χ3n) is 5.90. The highest BCUT2D eigenvalue weighted by Gasteiger charge is 2.14. The number of hydrogen-bond acceptors (Lipinski definition) is 10. The average molecular weight is 600 g/mol. The molecule has 0 saturated carbocycles. The average Bonchev–Trinajstić information content (AvgIpc) is 3.01. The first-order valence-corrected chi connectivity index (χ1v) is 13.3. The molecule has 0 saturated heterocycles. The lowest BCUT2D eigenvalue weighted by atomic mass is 10.2. The Kier molecular flexibility index (Phi) is 10.5. The molecular formula is C32H29N3O9. The zero-order valence-corrected chi connectivity index (χ0v) is 23.4. The van der Waals surface area contributed by atoms with E-state index in [-0.39, 0.29) is 66.1 Å². The Labute approximate surface area is 252 Å². The minimum atomic E-state index is -0.730.